The number of hydrogen-bond donors (Lipinski definition) is 1. The number of piperidine rings is 1. The highest BCUT2D eigenvalue weighted by Crippen LogP contribution is 2.26. The number of thiophene rings is 1. The second kappa shape index (κ2) is 4.70. The largest absolute Gasteiger partial charge is 0.285 e. The third-order valence-corrected chi connectivity index (χ3v) is 4.71. The van der Waals surface area contributed by atoms with Gasteiger partial charge in [-0.15, -0.1) is 11.3 Å². The van der Waals surface area contributed by atoms with E-state index < -0.39 is 0 Å². The Kier molecular flexibility index (Phi) is 3.07. The van der Waals surface area contributed by atoms with Crippen LogP contribution in [0.4, 0.5) is 5.82 Å². The molecule has 3 rings (SSSR count). The molecule has 0 saturated carbocycles. The molecular weight excluding hydrogens is 230 g/mol. The van der Waals surface area contributed by atoms with Gasteiger partial charge in [-0.3, -0.25) is 4.90 Å². The van der Waals surface area contributed by atoms with E-state index in [1.165, 1.54) is 48.4 Å². The molecule has 0 amide bonds. The van der Waals surface area contributed by atoms with Crippen molar-refractivity contribution in [2.45, 2.75) is 32.6 Å². The standard InChI is InChI=1S/C13H17N3S/c1-2-10-8-11-12(14-9-15-13(11)17-10)16-6-4-3-5-7-16/h8-9H,2-7H2,1H3/p+1. The molecule has 0 atom stereocenters. The molecule has 0 aromatic carbocycles. The smallest absolute Gasteiger partial charge is 0.237 e. The van der Waals surface area contributed by atoms with Gasteiger partial charge in [0.2, 0.25) is 5.82 Å². The van der Waals surface area contributed by atoms with Crippen molar-refractivity contribution in [2.75, 3.05) is 13.1 Å². The lowest BCUT2D eigenvalue weighted by Gasteiger charge is -2.22. The molecule has 3 heterocycles. The predicted octanol–water partition coefficient (Wildman–Crippen LogP) is 1.95. The summed E-state index contributed by atoms with van der Waals surface area (Å²) in [6.07, 6.45) is 6.85. The summed E-state index contributed by atoms with van der Waals surface area (Å²) in [7, 11) is 0. The average molecular weight is 248 g/mol. The Morgan fingerprint density at radius 1 is 1.24 bits per heavy atom. The van der Waals surface area contributed by atoms with Gasteiger partial charge in [0.15, 0.2) is 0 Å². The van der Waals surface area contributed by atoms with E-state index in [2.05, 4.69) is 23.0 Å². The first-order valence-corrected chi connectivity index (χ1v) is 7.28. The highest BCUT2D eigenvalue weighted by molar-refractivity contribution is 7.18. The van der Waals surface area contributed by atoms with Crippen molar-refractivity contribution < 1.29 is 4.90 Å². The zero-order valence-corrected chi connectivity index (χ0v) is 11.0. The lowest BCUT2D eigenvalue weighted by molar-refractivity contribution is -0.839. The molecule has 4 heteroatoms. The predicted molar refractivity (Wildman–Crippen MR) is 71.0 cm³/mol. The summed E-state index contributed by atoms with van der Waals surface area (Å²) in [5, 5.41) is 1.28. The first-order chi connectivity index (χ1) is 8.38. The molecule has 90 valence electrons. The number of hydrogen-bond acceptors (Lipinski definition) is 3. The van der Waals surface area contributed by atoms with Crippen molar-refractivity contribution in [3.05, 3.63) is 17.3 Å². The zero-order chi connectivity index (χ0) is 11.7. The quantitative estimate of drug-likeness (QED) is 0.880. The van der Waals surface area contributed by atoms with Gasteiger partial charge in [-0.2, -0.15) is 4.98 Å². The second-order valence-corrected chi connectivity index (χ2v) is 5.79. The van der Waals surface area contributed by atoms with Crippen LogP contribution < -0.4 is 4.90 Å². The summed E-state index contributed by atoms with van der Waals surface area (Å²) in [6.45, 7) is 4.65. The van der Waals surface area contributed by atoms with Gasteiger partial charge in [0.25, 0.3) is 0 Å². The number of fused-ring (bicyclic) bond motifs is 1. The fourth-order valence-corrected chi connectivity index (χ4v) is 3.51. The molecule has 0 unspecified atom stereocenters. The van der Waals surface area contributed by atoms with Gasteiger partial charge in [-0.1, -0.05) is 6.92 Å². The number of nitrogens with zero attached hydrogens (tertiary/aromatic N) is 2. The second-order valence-electron chi connectivity index (χ2n) is 4.67. The minimum absolute atomic E-state index is 1.09. The summed E-state index contributed by atoms with van der Waals surface area (Å²) in [5.41, 5.74) is 0. The summed E-state index contributed by atoms with van der Waals surface area (Å²) >= 11 is 1.81. The maximum Gasteiger partial charge on any atom is 0.237 e. The Balaban J connectivity index is 2.05. The van der Waals surface area contributed by atoms with Gasteiger partial charge in [-0.05, 0) is 31.7 Å². The average Bonchev–Trinajstić information content (AvgIpc) is 2.82. The number of aryl methyl sites for hydroxylation is 1. The molecule has 1 saturated heterocycles. The number of quaternary nitrogens is 1. The van der Waals surface area contributed by atoms with E-state index in [0.717, 1.165) is 11.3 Å². The lowest BCUT2D eigenvalue weighted by Crippen LogP contribution is -3.08. The van der Waals surface area contributed by atoms with Gasteiger partial charge in [0.1, 0.15) is 11.2 Å². The SMILES string of the molecule is CCc1cc2c([NH+]3CCCCC3)ncnc2s1. The van der Waals surface area contributed by atoms with Crippen molar-refractivity contribution >= 4 is 27.4 Å². The maximum atomic E-state index is 4.54. The van der Waals surface area contributed by atoms with Crippen molar-refractivity contribution in [2.24, 2.45) is 0 Å². The van der Waals surface area contributed by atoms with Crippen LogP contribution in [0.5, 0.6) is 0 Å². The fourth-order valence-electron chi connectivity index (χ4n) is 2.58. The van der Waals surface area contributed by atoms with Crippen LogP contribution in [0, 0.1) is 0 Å². The van der Waals surface area contributed by atoms with E-state index in [9.17, 15) is 0 Å². The highest BCUT2D eigenvalue weighted by atomic mass is 32.1. The topological polar surface area (TPSA) is 30.2 Å². The molecule has 1 N–H and O–H groups in total. The maximum absolute atomic E-state index is 4.54. The summed E-state index contributed by atoms with van der Waals surface area (Å²) in [6, 6.07) is 2.29. The Bertz CT molecular complexity index is 514. The van der Waals surface area contributed by atoms with Crippen LogP contribution in [0.25, 0.3) is 10.2 Å². The number of rotatable bonds is 2. The van der Waals surface area contributed by atoms with E-state index in [1.807, 2.05) is 11.3 Å². The first kappa shape index (κ1) is 11.1. The molecular formula is C13H18N3S+. The van der Waals surface area contributed by atoms with Crippen molar-refractivity contribution in [3.63, 3.8) is 0 Å². The number of nitrogens with one attached hydrogen (secondary N) is 1. The molecule has 1 aliphatic rings. The third kappa shape index (κ3) is 2.07. The molecule has 0 radical (unpaired) electrons. The van der Waals surface area contributed by atoms with Crippen LogP contribution in [0.3, 0.4) is 0 Å². The fraction of sp³-hybridized carbons (Fsp3) is 0.538. The molecule has 1 fully saturated rings. The van der Waals surface area contributed by atoms with Gasteiger partial charge in [0.05, 0.1) is 18.5 Å². The van der Waals surface area contributed by atoms with Gasteiger partial charge < -0.3 is 0 Å². The Morgan fingerprint density at radius 2 is 2.06 bits per heavy atom. The van der Waals surface area contributed by atoms with Crippen LogP contribution >= 0.6 is 11.3 Å². The Labute approximate surface area is 106 Å². The lowest BCUT2D eigenvalue weighted by atomic mass is 10.1. The highest BCUT2D eigenvalue weighted by Gasteiger charge is 2.21. The zero-order valence-electron chi connectivity index (χ0n) is 10.2. The van der Waals surface area contributed by atoms with E-state index in [4.69, 9.17) is 0 Å². The monoisotopic (exact) mass is 248 g/mol. The summed E-state index contributed by atoms with van der Waals surface area (Å²) < 4.78 is 0. The molecule has 1 aliphatic heterocycles. The molecule has 0 aliphatic carbocycles. The molecule has 3 nitrogen and oxygen atoms in total. The Morgan fingerprint density at radius 3 is 2.82 bits per heavy atom. The van der Waals surface area contributed by atoms with Gasteiger partial charge in [-0.25, -0.2) is 4.98 Å². The van der Waals surface area contributed by atoms with E-state index in [-0.39, 0.29) is 0 Å². The van der Waals surface area contributed by atoms with Crippen LogP contribution in [0.15, 0.2) is 12.4 Å². The van der Waals surface area contributed by atoms with Crippen molar-refractivity contribution in [1.29, 1.82) is 0 Å². The third-order valence-electron chi connectivity index (χ3n) is 3.52. The molecule has 17 heavy (non-hydrogen) atoms. The molecule has 2 aromatic rings. The van der Waals surface area contributed by atoms with E-state index in [1.54, 1.807) is 11.2 Å². The van der Waals surface area contributed by atoms with Crippen molar-refractivity contribution in [3.8, 4) is 0 Å². The van der Waals surface area contributed by atoms with Crippen LogP contribution in [-0.2, 0) is 6.42 Å². The number of aromatic nitrogens is 2. The molecule has 2 aromatic heterocycles. The minimum Gasteiger partial charge on any atom is -0.285 e. The van der Waals surface area contributed by atoms with Crippen LogP contribution in [-0.4, -0.2) is 23.1 Å². The molecule has 0 spiro atoms. The first-order valence-electron chi connectivity index (χ1n) is 6.47. The Hall–Kier alpha value is -1.00. The molecule has 0 bridgehead atoms. The minimum atomic E-state index is 1.09. The van der Waals surface area contributed by atoms with E-state index >= 15 is 0 Å². The summed E-state index contributed by atoms with van der Waals surface area (Å²) in [4.78, 5) is 13.1. The van der Waals surface area contributed by atoms with Gasteiger partial charge in [0, 0.05) is 4.88 Å². The van der Waals surface area contributed by atoms with E-state index in [0.29, 0.717) is 0 Å². The van der Waals surface area contributed by atoms with Crippen molar-refractivity contribution in [1.82, 2.24) is 9.97 Å². The van der Waals surface area contributed by atoms with Crippen LogP contribution in [0.2, 0.25) is 0 Å². The van der Waals surface area contributed by atoms with Crippen LogP contribution in [0.1, 0.15) is 31.1 Å². The van der Waals surface area contributed by atoms with Gasteiger partial charge >= 0.3 is 0 Å². The normalized spacial score (nSPS) is 17.7. The summed E-state index contributed by atoms with van der Waals surface area (Å²) in [5.74, 6) is 1.23.